The van der Waals surface area contributed by atoms with Gasteiger partial charge in [-0.05, 0) is 23.8 Å². The van der Waals surface area contributed by atoms with Gasteiger partial charge in [0.2, 0.25) is 0 Å². The zero-order chi connectivity index (χ0) is 13.0. The van der Waals surface area contributed by atoms with Crippen LogP contribution >= 0.6 is 0 Å². The van der Waals surface area contributed by atoms with E-state index in [9.17, 15) is 9.18 Å². The standard InChI is InChI=1S/C13H13FN2O2/c14-11-4-2-1-3-10(11)12-7-9(8-16-12)5-6-18-13(15)17/h1-4,7-8,16H,5-6H2,(H2,15,17). The second-order valence-corrected chi connectivity index (χ2v) is 3.82. The van der Waals surface area contributed by atoms with Crippen LogP contribution in [-0.4, -0.2) is 17.7 Å². The number of ether oxygens (including phenoxy) is 1. The van der Waals surface area contributed by atoms with E-state index in [0.717, 1.165) is 5.56 Å². The van der Waals surface area contributed by atoms with Crippen molar-refractivity contribution in [2.75, 3.05) is 6.61 Å². The van der Waals surface area contributed by atoms with Crippen LogP contribution in [0.4, 0.5) is 9.18 Å². The highest BCUT2D eigenvalue weighted by atomic mass is 19.1. The number of carbonyl (C=O) groups excluding carboxylic acids is 1. The number of aromatic nitrogens is 1. The molecule has 18 heavy (non-hydrogen) atoms. The summed E-state index contributed by atoms with van der Waals surface area (Å²) < 4.78 is 18.2. The maximum Gasteiger partial charge on any atom is 0.404 e. The lowest BCUT2D eigenvalue weighted by Crippen LogP contribution is -2.14. The van der Waals surface area contributed by atoms with Gasteiger partial charge in [0.1, 0.15) is 5.82 Å². The van der Waals surface area contributed by atoms with Gasteiger partial charge in [0.15, 0.2) is 0 Å². The fraction of sp³-hybridized carbons (Fsp3) is 0.154. The molecule has 2 aromatic rings. The minimum Gasteiger partial charge on any atom is -0.449 e. The molecule has 0 atom stereocenters. The van der Waals surface area contributed by atoms with Gasteiger partial charge in [-0.1, -0.05) is 12.1 Å². The highest BCUT2D eigenvalue weighted by Crippen LogP contribution is 2.22. The molecular formula is C13H13FN2O2. The van der Waals surface area contributed by atoms with Gasteiger partial charge in [0.05, 0.1) is 6.61 Å². The molecule has 0 aliphatic carbocycles. The van der Waals surface area contributed by atoms with Crippen LogP contribution in [0.25, 0.3) is 11.3 Å². The quantitative estimate of drug-likeness (QED) is 0.872. The van der Waals surface area contributed by atoms with Gasteiger partial charge >= 0.3 is 6.09 Å². The Labute approximate surface area is 104 Å². The summed E-state index contributed by atoms with van der Waals surface area (Å²) in [7, 11) is 0. The fourth-order valence-electron chi connectivity index (χ4n) is 1.69. The zero-order valence-corrected chi connectivity index (χ0v) is 9.65. The van der Waals surface area contributed by atoms with Crippen molar-refractivity contribution in [3.05, 3.63) is 47.9 Å². The zero-order valence-electron chi connectivity index (χ0n) is 9.65. The van der Waals surface area contributed by atoms with Crippen LogP contribution in [0.5, 0.6) is 0 Å². The summed E-state index contributed by atoms with van der Waals surface area (Å²) >= 11 is 0. The van der Waals surface area contributed by atoms with Crippen molar-refractivity contribution in [1.82, 2.24) is 4.98 Å². The van der Waals surface area contributed by atoms with Crippen LogP contribution in [-0.2, 0) is 11.2 Å². The molecule has 3 N–H and O–H groups in total. The van der Waals surface area contributed by atoms with E-state index in [4.69, 9.17) is 5.73 Å². The summed E-state index contributed by atoms with van der Waals surface area (Å²) in [6.45, 7) is 0.212. The van der Waals surface area contributed by atoms with Crippen molar-refractivity contribution < 1.29 is 13.9 Å². The summed E-state index contributed by atoms with van der Waals surface area (Å²) in [5.41, 5.74) is 6.99. The molecule has 0 saturated carbocycles. The second-order valence-electron chi connectivity index (χ2n) is 3.82. The molecule has 1 aromatic carbocycles. The number of aromatic amines is 1. The van der Waals surface area contributed by atoms with Crippen LogP contribution in [0.2, 0.25) is 0 Å². The number of hydrogen-bond donors (Lipinski definition) is 2. The topological polar surface area (TPSA) is 68.1 Å². The first kappa shape index (κ1) is 12.2. The van der Waals surface area contributed by atoms with Crippen molar-refractivity contribution >= 4 is 6.09 Å². The Morgan fingerprint density at radius 2 is 2.17 bits per heavy atom. The van der Waals surface area contributed by atoms with Crippen LogP contribution in [0.15, 0.2) is 36.5 Å². The Balaban J connectivity index is 2.06. The third-order valence-electron chi connectivity index (χ3n) is 2.54. The Bertz CT molecular complexity index is 551. The lowest BCUT2D eigenvalue weighted by molar-refractivity contribution is 0.158. The summed E-state index contributed by atoms with van der Waals surface area (Å²) in [6, 6.07) is 8.35. The number of nitrogens with two attached hydrogens (primary N) is 1. The Kier molecular flexibility index (Phi) is 3.62. The van der Waals surface area contributed by atoms with Gasteiger partial charge in [-0.3, -0.25) is 0 Å². The number of primary amides is 1. The molecule has 4 nitrogen and oxygen atoms in total. The third kappa shape index (κ3) is 2.88. The predicted octanol–water partition coefficient (Wildman–Crippen LogP) is 2.46. The van der Waals surface area contributed by atoms with E-state index >= 15 is 0 Å². The van der Waals surface area contributed by atoms with Crippen molar-refractivity contribution in [1.29, 1.82) is 0 Å². The highest BCUT2D eigenvalue weighted by Gasteiger charge is 2.06. The Morgan fingerprint density at radius 3 is 2.89 bits per heavy atom. The predicted molar refractivity (Wildman–Crippen MR) is 65.4 cm³/mol. The lowest BCUT2D eigenvalue weighted by atomic mass is 10.1. The monoisotopic (exact) mass is 248 g/mol. The largest absolute Gasteiger partial charge is 0.449 e. The molecule has 1 heterocycles. The van der Waals surface area contributed by atoms with E-state index in [0.29, 0.717) is 17.7 Å². The van der Waals surface area contributed by atoms with Gasteiger partial charge < -0.3 is 15.5 Å². The van der Waals surface area contributed by atoms with Crippen molar-refractivity contribution in [2.45, 2.75) is 6.42 Å². The average Bonchev–Trinajstić information content (AvgIpc) is 2.78. The Hall–Kier alpha value is -2.30. The second kappa shape index (κ2) is 5.35. The lowest BCUT2D eigenvalue weighted by Gasteiger charge is -1.99. The molecule has 2 rings (SSSR count). The summed E-state index contributed by atoms with van der Waals surface area (Å²) in [5, 5.41) is 0. The molecular weight excluding hydrogens is 235 g/mol. The fourth-order valence-corrected chi connectivity index (χ4v) is 1.69. The molecule has 94 valence electrons. The molecule has 0 fully saturated rings. The summed E-state index contributed by atoms with van der Waals surface area (Å²) in [6.07, 6.45) is 1.50. The molecule has 0 unspecified atom stereocenters. The van der Waals surface area contributed by atoms with Crippen LogP contribution in [0, 0.1) is 5.82 Å². The minimum absolute atomic E-state index is 0.212. The van der Waals surface area contributed by atoms with Crippen molar-refractivity contribution in [3.63, 3.8) is 0 Å². The molecule has 1 aromatic heterocycles. The maximum absolute atomic E-state index is 13.5. The number of halogens is 1. The van der Waals surface area contributed by atoms with Gasteiger partial charge in [0.25, 0.3) is 0 Å². The van der Waals surface area contributed by atoms with Crippen molar-refractivity contribution in [3.8, 4) is 11.3 Å². The molecule has 0 bridgehead atoms. The minimum atomic E-state index is -0.792. The number of benzene rings is 1. The van der Waals surface area contributed by atoms with E-state index in [1.807, 2.05) is 6.07 Å². The molecule has 1 amide bonds. The van der Waals surface area contributed by atoms with Crippen LogP contribution in [0.3, 0.4) is 0 Å². The number of nitrogens with one attached hydrogen (secondary N) is 1. The molecule has 0 spiro atoms. The van der Waals surface area contributed by atoms with E-state index in [2.05, 4.69) is 9.72 Å². The van der Waals surface area contributed by atoms with Gasteiger partial charge in [0, 0.05) is 23.9 Å². The first-order valence-corrected chi connectivity index (χ1v) is 5.51. The number of hydrogen-bond acceptors (Lipinski definition) is 2. The smallest absolute Gasteiger partial charge is 0.404 e. The molecule has 0 aliphatic heterocycles. The molecule has 0 saturated heterocycles. The van der Waals surface area contributed by atoms with E-state index in [1.54, 1.807) is 24.4 Å². The number of amides is 1. The van der Waals surface area contributed by atoms with E-state index in [-0.39, 0.29) is 12.4 Å². The van der Waals surface area contributed by atoms with E-state index in [1.165, 1.54) is 6.07 Å². The molecule has 0 aliphatic rings. The average molecular weight is 248 g/mol. The Morgan fingerprint density at radius 1 is 1.39 bits per heavy atom. The molecule has 0 radical (unpaired) electrons. The normalized spacial score (nSPS) is 10.3. The van der Waals surface area contributed by atoms with Gasteiger partial charge in [-0.15, -0.1) is 0 Å². The highest BCUT2D eigenvalue weighted by molar-refractivity contribution is 5.64. The third-order valence-corrected chi connectivity index (χ3v) is 2.54. The van der Waals surface area contributed by atoms with Crippen molar-refractivity contribution in [2.24, 2.45) is 5.73 Å². The van der Waals surface area contributed by atoms with E-state index < -0.39 is 6.09 Å². The summed E-state index contributed by atoms with van der Waals surface area (Å²) in [4.78, 5) is 13.4. The SMILES string of the molecule is NC(=O)OCCc1c[nH]c(-c2ccccc2F)c1. The molecule has 5 heteroatoms. The summed E-state index contributed by atoms with van der Waals surface area (Å²) in [5.74, 6) is -0.278. The number of carbonyl (C=O) groups is 1. The first-order valence-electron chi connectivity index (χ1n) is 5.51. The number of rotatable bonds is 4. The van der Waals surface area contributed by atoms with Gasteiger partial charge in [-0.25, -0.2) is 9.18 Å². The van der Waals surface area contributed by atoms with Crippen LogP contribution < -0.4 is 5.73 Å². The first-order chi connectivity index (χ1) is 8.66. The maximum atomic E-state index is 13.5. The van der Waals surface area contributed by atoms with Crippen LogP contribution in [0.1, 0.15) is 5.56 Å². The number of H-pyrrole nitrogens is 1. The van der Waals surface area contributed by atoms with Gasteiger partial charge in [-0.2, -0.15) is 0 Å².